The minimum Gasteiger partial charge on any atom is -0.394 e. The summed E-state index contributed by atoms with van der Waals surface area (Å²) in [6.07, 6.45) is -23.5. The van der Waals surface area contributed by atoms with Gasteiger partial charge in [-0.05, 0) is 6.92 Å². The molecule has 3 aliphatic heterocycles. The minimum atomic E-state index is -1.88. The van der Waals surface area contributed by atoms with Crippen molar-refractivity contribution < 1.29 is 74.7 Å². The van der Waals surface area contributed by atoms with Crippen LogP contribution in [0.2, 0.25) is 0 Å². The summed E-state index contributed by atoms with van der Waals surface area (Å²) < 4.78 is 26.3. The van der Waals surface area contributed by atoms with E-state index in [1.54, 1.807) is 0 Å². The highest BCUT2D eigenvalue weighted by Gasteiger charge is 2.50. The molecule has 0 aromatic carbocycles. The number of rotatable bonds is 6. The van der Waals surface area contributed by atoms with Gasteiger partial charge >= 0.3 is 0 Å². The zero-order valence-electron chi connectivity index (χ0n) is 17.6. The third-order valence-corrected chi connectivity index (χ3v) is 6.03. The van der Waals surface area contributed by atoms with Crippen molar-refractivity contribution in [1.82, 2.24) is 0 Å². The zero-order chi connectivity index (χ0) is 24.6. The van der Waals surface area contributed by atoms with E-state index in [2.05, 4.69) is 0 Å². The maximum Gasteiger partial charge on any atom is 0.187 e. The summed E-state index contributed by atoms with van der Waals surface area (Å²) in [4.78, 5) is 0. The van der Waals surface area contributed by atoms with Gasteiger partial charge < -0.3 is 74.7 Å². The molecular formula is C18H32O15. The molecule has 3 rings (SSSR count). The third-order valence-electron chi connectivity index (χ3n) is 6.03. The van der Waals surface area contributed by atoms with Crippen molar-refractivity contribution in [2.45, 2.75) is 99.0 Å². The van der Waals surface area contributed by atoms with Gasteiger partial charge in [-0.25, -0.2) is 0 Å². The second kappa shape index (κ2) is 11.0. The fourth-order valence-corrected chi connectivity index (χ4v) is 3.89. The summed E-state index contributed by atoms with van der Waals surface area (Å²) in [5.41, 5.74) is 0. The van der Waals surface area contributed by atoms with Crippen LogP contribution in [0.5, 0.6) is 0 Å². The molecule has 0 aromatic heterocycles. The molecule has 0 bridgehead atoms. The first-order valence-corrected chi connectivity index (χ1v) is 10.4. The normalized spacial score (nSPS) is 53.7. The molecule has 0 spiro atoms. The molecule has 15 nitrogen and oxygen atoms in total. The highest BCUT2D eigenvalue weighted by atomic mass is 16.7. The fraction of sp³-hybridized carbons (Fsp3) is 1.00. The summed E-state index contributed by atoms with van der Waals surface area (Å²) >= 11 is 0. The van der Waals surface area contributed by atoms with E-state index in [-0.39, 0.29) is 0 Å². The molecule has 194 valence electrons. The quantitative estimate of drug-likeness (QED) is 0.167. The molecule has 0 saturated carbocycles. The maximum absolute atomic E-state index is 10.6. The average Bonchev–Trinajstić information content (AvgIpc) is 2.79. The molecule has 0 aromatic rings. The Morgan fingerprint density at radius 2 is 1.21 bits per heavy atom. The predicted molar refractivity (Wildman–Crippen MR) is 99.8 cm³/mol. The van der Waals surface area contributed by atoms with Crippen LogP contribution in [0, 0.1) is 0 Å². The highest BCUT2D eigenvalue weighted by Crippen LogP contribution is 2.29. The van der Waals surface area contributed by atoms with Crippen molar-refractivity contribution in [1.29, 1.82) is 0 Å². The molecule has 0 amide bonds. The van der Waals surface area contributed by atoms with Crippen molar-refractivity contribution in [2.24, 2.45) is 0 Å². The molecule has 15 atom stereocenters. The van der Waals surface area contributed by atoms with E-state index in [1.165, 1.54) is 6.92 Å². The van der Waals surface area contributed by atoms with Gasteiger partial charge in [0.2, 0.25) is 0 Å². The van der Waals surface area contributed by atoms with Crippen LogP contribution in [-0.4, -0.2) is 156 Å². The fourth-order valence-electron chi connectivity index (χ4n) is 3.89. The maximum atomic E-state index is 10.6. The number of ether oxygens (including phenoxy) is 5. The van der Waals surface area contributed by atoms with Crippen LogP contribution in [0.1, 0.15) is 6.92 Å². The van der Waals surface area contributed by atoms with Crippen LogP contribution in [0.25, 0.3) is 0 Å². The molecule has 3 fully saturated rings. The van der Waals surface area contributed by atoms with Gasteiger partial charge in [0.1, 0.15) is 67.1 Å². The van der Waals surface area contributed by atoms with E-state index in [0.717, 1.165) is 0 Å². The van der Waals surface area contributed by atoms with Crippen molar-refractivity contribution in [3.63, 3.8) is 0 Å². The van der Waals surface area contributed by atoms with E-state index in [0.29, 0.717) is 0 Å². The molecule has 0 radical (unpaired) electrons. The minimum absolute atomic E-state index is 0.570. The average molecular weight is 488 g/mol. The van der Waals surface area contributed by atoms with Gasteiger partial charge in [0.25, 0.3) is 0 Å². The van der Waals surface area contributed by atoms with E-state index >= 15 is 0 Å². The Balaban J connectivity index is 1.64. The molecule has 3 saturated heterocycles. The largest absolute Gasteiger partial charge is 0.394 e. The zero-order valence-corrected chi connectivity index (χ0v) is 17.6. The molecule has 3 aliphatic rings. The Morgan fingerprint density at radius 3 is 1.85 bits per heavy atom. The van der Waals surface area contributed by atoms with Crippen LogP contribution < -0.4 is 0 Å². The van der Waals surface area contributed by atoms with Crippen LogP contribution in [0.15, 0.2) is 0 Å². The molecule has 33 heavy (non-hydrogen) atoms. The van der Waals surface area contributed by atoms with Gasteiger partial charge in [0, 0.05) is 0 Å². The van der Waals surface area contributed by atoms with Crippen LogP contribution in [0.4, 0.5) is 0 Å². The summed E-state index contributed by atoms with van der Waals surface area (Å²) in [5, 5.41) is 99.5. The van der Waals surface area contributed by atoms with Crippen LogP contribution in [-0.2, 0) is 23.7 Å². The molecule has 15 heteroatoms. The first kappa shape index (κ1) is 27.0. The van der Waals surface area contributed by atoms with Crippen molar-refractivity contribution in [3.8, 4) is 0 Å². The lowest BCUT2D eigenvalue weighted by molar-refractivity contribution is -0.359. The Kier molecular flexibility index (Phi) is 8.99. The topological polar surface area (TPSA) is 248 Å². The lowest BCUT2D eigenvalue weighted by Gasteiger charge is -2.45. The molecule has 1 unspecified atom stereocenters. The van der Waals surface area contributed by atoms with Gasteiger partial charge in [0.15, 0.2) is 18.9 Å². The van der Waals surface area contributed by atoms with Gasteiger partial charge in [0.05, 0.1) is 19.3 Å². The number of hydrogen-bond donors (Lipinski definition) is 10. The SMILES string of the molecule is C[C@@H]1O[C@@H](O[C@H]2[C@@H](O)[C@@H](CO[C@H]3O[C@H](CO)[C@@H](O)[C@H](O)[C@H]3O)OC(O)[C@@H]2O)[C@H](O)[C@H](O)[C@H]1O. The Morgan fingerprint density at radius 1 is 0.606 bits per heavy atom. The van der Waals surface area contributed by atoms with Gasteiger partial charge in [-0.15, -0.1) is 0 Å². The van der Waals surface area contributed by atoms with E-state index in [1.807, 2.05) is 0 Å². The highest BCUT2D eigenvalue weighted by molar-refractivity contribution is 4.94. The second-order valence-corrected chi connectivity index (χ2v) is 8.36. The number of aliphatic hydroxyl groups excluding tert-OH is 10. The first-order chi connectivity index (χ1) is 15.5. The van der Waals surface area contributed by atoms with E-state index in [9.17, 15) is 51.1 Å². The summed E-state index contributed by atoms with van der Waals surface area (Å²) in [7, 11) is 0. The molecule has 3 heterocycles. The Bertz CT molecular complexity index is 624. The van der Waals surface area contributed by atoms with Crippen LogP contribution in [0.3, 0.4) is 0 Å². The van der Waals surface area contributed by atoms with Crippen molar-refractivity contribution in [2.75, 3.05) is 13.2 Å². The number of aliphatic hydroxyl groups is 10. The van der Waals surface area contributed by atoms with E-state index in [4.69, 9.17) is 23.7 Å². The van der Waals surface area contributed by atoms with Gasteiger partial charge in [-0.1, -0.05) is 0 Å². The van der Waals surface area contributed by atoms with E-state index < -0.39 is 105 Å². The van der Waals surface area contributed by atoms with Gasteiger partial charge in [-0.3, -0.25) is 0 Å². The molecule has 0 aliphatic carbocycles. The number of hydrogen-bond acceptors (Lipinski definition) is 15. The lowest BCUT2D eigenvalue weighted by atomic mass is 9.97. The van der Waals surface area contributed by atoms with Gasteiger partial charge in [-0.2, -0.15) is 0 Å². The Hall–Kier alpha value is -0.600. The van der Waals surface area contributed by atoms with Crippen molar-refractivity contribution >= 4 is 0 Å². The van der Waals surface area contributed by atoms with Crippen LogP contribution >= 0.6 is 0 Å². The monoisotopic (exact) mass is 488 g/mol. The standard InChI is InChI=1S/C18H32O15/c1-4-7(20)10(23)13(26)18(30-4)33-15-9(22)6(31-16(28)14(15)27)3-29-17-12(25)11(24)8(21)5(2-19)32-17/h4-28H,2-3H2,1H3/t4-,5+,6+,7-,8+,9-,10+,11-,12+,13+,14+,15-,16?,17-,18-/m0/s1. The lowest BCUT2D eigenvalue weighted by Crippen LogP contribution is -2.64. The second-order valence-electron chi connectivity index (χ2n) is 8.36. The summed E-state index contributed by atoms with van der Waals surface area (Å²) in [6.45, 7) is 0.148. The Labute approximate surface area is 187 Å². The van der Waals surface area contributed by atoms with Crippen molar-refractivity contribution in [3.05, 3.63) is 0 Å². The molecule has 10 N–H and O–H groups in total. The third kappa shape index (κ3) is 5.48. The first-order valence-electron chi connectivity index (χ1n) is 10.4. The summed E-state index contributed by atoms with van der Waals surface area (Å²) in [5.74, 6) is 0. The smallest absolute Gasteiger partial charge is 0.187 e. The summed E-state index contributed by atoms with van der Waals surface area (Å²) in [6, 6.07) is 0. The molecular weight excluding hydrogens is 456 g/mol. The predicted octanol–water partition coefficient (Wildman–Crippen LogP) is -6.55.